The van der Waals surface area contributed by atoms with E-state index in [9.17, 15) is 4.79 Å². The fourth-order valence-corrected chi connectivity index (χ4v) is 4.64. The first-order valence-electron chi connectivity index (χ1n) is 10.8. The van der Waals surface area contributed by atoms with Crippen LogP contribution in [0.5, 0.6) is 5.75 Å². The molecule has 0 saturated carbocycles. The Hall–Kier alpha value is -4.07. The van der Waals surface area contributed by atoms with E-state index in [1.807, 2.05) is 54.6 Å². The Bertz CT molecular complexity index is 1320. The minimum atomic E-state index is -0.358. The summed E-state index contributed by atoms with van der Waals surface area (Å²) in [6, 6.07) is 24.3. The molecule has 0 atom stereocenters. The van der Waals surface area contributed by atoms with Crippen LogP contribution in [0.15, 0.2) is 94.2 Å². The molecule has 3 aromatic carbocycles. The van der Waals surface area contributed by atoms with Gasteiger partial charge in [-0.15, -0.1) is 0 Å². The summed E-state index contributed by atoms with van der Waals surface area (Å²) in [7, 11) is 1.63. The third-order valence-corrected chi connectivity index (χ3v) is 6.55. The minimum absolute atomic E-state index is 0.212. The van der Waals surface area contributed by atoms with Gasteiger partial charge in [-0.3, -0.25) is 0 Å². The van der Waals surface area contributed by atoms with Gasteiger partial charge in [-0.05, 0) is 0 Å². The number of nitrogens with one attached hydrogen (secondary N) is 1. The molecule has 1 heterocycles. The molecule has 35 heavy (non-hydrogen) atoms. The Kier molecular flexibility index (Phi) is 8.16. The van der Waals surface area contributed by atoms with Crippen LogP contribution in [-0.2, 0) is 4.74 Å². The third kappa shape index (κ3) is 6.50. The summed E-state index contributed by atoms with van der Waals surface area (Å²) >= 11 is -0.212. The zero-order valence-corrected chi connectivity index (χ0v) is 20.9. The van der Waals surface area contributed by atoms with Crippen LogP contribution in [-0.4, -0.2) is 45.4 Å². The average molecular weight is 532 g/mol. The van der Waals surface area contributed by atoms with Crippen molar-refractivity contribution in [2.24, 2.45) is 15.3 Å². The molecule has 0 radical (unpaired) electrons. The van der Waals surface area contributed by atoms with Gasteiger partial charge < -0.3 is 0 Å². The maximum atomic E-state index is 11.8. The molecule has 1 N–H and O–H groups in total. The fourth-order valence-electron chi connectivity index (χ4n) is 3.05. The number of methoxy groups -OCH3 is 1. The summed E-state index contributed by atoms with van der Waals surface area (Å²) < 4.78 is 11.7. The number of nitrogens with zero attached hydrogens (tertiary/aromatic N) is 4. The first-order chi connectivity index (χ1) is 17.2. The number of hydrogen-bond donors (Lipinski definition) is 1. The number of aromatic nitrogens is 1. The van der Waals surface area contributed by atoms with E-state index in [0.717, 1.165) is 31.8 Å². The first kappa shape index (κ1) is 24.1. The van der Waals surface area contributed by atoms with E-state index in [0.29, 0.717) is 17.9 Å². The summed E-state index contributed by atoms with van der Waals surface area (Å²) in [5, 5.41) is 13.2. The molecule has 9 heteroatoms. The van der Waals surface area contributed by atoms with E-state index in [1.54, 1.807) is 44.5 Å². The normalized spacial score (nSPS) is 11.1. The molecular weight excluding hydrogens is 509 g/mol. The maximum absolute atomic E-state index is 11.8. The van der Waals surface area contributed by atoms with Crippen molar-refractivity contribution < 1.29 is 14.3 Å². The second kappa shape index (κ2) is 11.9. The van der Waals surface area contributed by atoms with Crippen molar-refractivity contribution in [2.45, 2.75) is 6.92 Å². The number of hydrazone groups is 1. The van der Waals surface area contributed by atoms with Gasteiger partial charge in [-0.2, -0.15) is 0 Å². The third-order valence-electron chi connectivity index (χ3n) is 4.78. The molecule has 4 rings (SSSR count). The predicted molar refractivity (Wildman–Crippen MR) is 137 cm³/mol. The van der Waals surface area contributed by atoms with Gasteiger partial charge in [0.05, 0.1) is 0 Å². The Morgan fingerprint density at radius 3 is 2.43 bits per heavy atom. The van der Waals surface area contributed by atoms with Gasteiger partial charge in [0.2, 0.25) is 0 Å². The first-order valence-corrected chi connectivity index (χ1v) is 12.6. The second-order valence-corrected chi connectivity index (χ2v) is 9.20. The van der Waals surface area contributed by atoms with Gasteiger partial charge >= 0.3 is 209 Å². The number of hydrogen-bond acceptors (Lipinski definition) is 8. The number of carbonyl (C=O) groups excluding carboxylic acids is 1. The SMILES string of the molecule is CCOC(=O)c1ccc(N=Nc2[se]c(N/N=C/c3ccc(OC)cc3)nc2-c2ccccc2)cc1. The van der Waals surface area contributed by atoms with Gasteiger partial charge in [-0.1, -0.05) is 0 Å². The number of ether oxygens (including phenoxy) is 2. The topological polar surface area (TPSA) is 97.5 Å². The number of anilines is 1. The van der Waals surface area contributed by atoms with E-state index in [2.05, 4.69) is 20.8 Å². The molecule has 176 valence electrons. The summed E-state index contributed by atoms with van der Waals surface area (Å²) in [5.41, 5.74) is 6.80. The molecule has 0 bridgehead atoms. The Balaban J connectivity index is 1.53. The van der Waals surface area contributed by atoms with E-state index in [1.165, 1.54) is 0 Å². The van der Waals surface area contributed by atoms with Crippen LogP contribution < -0.4 is 10.2 Å². The van der Waals surface area contributed by atoms with E-state index < -0.39 is 0 Å². The molecule has 0 amide bonds. The molecule has 0 spiro atoms. The van der Waals surface area contributed by atoms with Crippen LogP contribution in [0.3, 0.4) is 0 Å². The molecule has 8 nitrogen and oxygen atoms in total. The van der Waals surface area contributed by atoms with E-state index >= 15 is 0 Å². The summed E-state index contributed by atoms with van der Waals surface area (Å²) in [4.78, 5) is 16.6. The molecule has 1 aromatic heterocycles. The van der Waals surface area contributed by atoms with Crippen molar-refractivity contribution in [2.75, 3.05) is 19.1 Å². The average Bonchev–Trinajstić information content (AvgIpc) is 3.32. The van der Waals surface area contributed by atoms with Crippen molar-refractivity contribution in [1.82, 2.24) is 4.98 Å². The number of benzene rings is 3. The van der Waals surface area contributed by atoms with Crippen molar-refractivity contribution >= 4 is 41.6 Å². The van der Waals surface area contributed by atoms with Gasteiger partial charge in [-0.25, -0.2) is 0 Å². The zero-order valence-electron chi connectivity index (χ0n) is 19.2. The zero-order chi connectivity index (χ0) is 24.5. The number of rotatable bonds is 9. The van der Waals surface area contributed by atoms with Crippen LogP contribution >= 0.6 is 0 Å². The van der Waals surface area contributed by atoms with Crippen LogP contribution in [0.4, 0.5) is 14.9 Å². The van der Waals surface area contributed by atoms with Gasteiger partial charge in [0, 0.05) is 0 Å². The van der Waals surface area contributed by atoms with Gasteiger partial charge in [0.25, 0.3) is 0 Å². The molecule has 4 aromatic rings. The van der Waals surface area contributed by atoms with E-state index in [-0.39, 0.29) is 20.5 Å². The van der Waals surface area contributed by atoms with Gasteiger partial charge in [0.15, 0.2) is 0 Å². The van der Waals surface area contributed by atoms with Crippen LogP contribution in [0.1, 0.15) is 22.8 Å². The molecule has 0 aliphatic heterocycles. The van der Waals surface area contributed by atoms with Crippen molar-refractivity contribution in [3.63, 3.8) is 0 Å². The number of esters is 1. The molecule has 0 fully saturated rings. The standard InChI is InChI=1S/C26H23N5O3Se/c1-3-34-25(32)20-11-13-21(14-12-20)29-30-24-23(19-7-5-4-6-8-19)28-26(35-24)31-27-17-18-9-15-22(33-2)16-10-18/h4-17H,3H2,1-2H3,(H,28,31)/b27-17+,30-29?. The van der Waals surface area contributed by atoms with Crippen molar-refractivity contribution in [3.05, 3.63) is 90.0 Å². The fraction of sp³-hybridized carbons (Fsp3) is 0.115. The predicted octanol–water partition coefficient (Wildman–Crippen LogP) is 5.85. The molecule has 0 aliphatic carbocycles. The second-order valence-electron chi connectivity index (χ2n) is 7.15. The molecular formula is C26H23N5O3Se. The Morgan fingerprint density at radius 2 is 1.74 bits per heavy atom. The molecule has 0 aliphatic rings. The van der Waals surface area contributed by atoms with E-state index in [4.69, 9.17) is 14.5 Å². The summed E-state index contributed by atoms with van der Waals surface area (Å²) in [5.74, 6) is 0.435. The monoisotopic (exact) mass is 533 g/mol. The number of carbonyl (C=O) groups is 1. The molecule has 0 saturated heterocycles. The number of azo groups is 1. The van der Waals surface area contributed by atoms with Crippen molar-refractivity contribution in [1.29, 1.82) is 0 Å². The quantitative estimate of drug-likeness (QED) is 0.0959. The van der Waals surface area contributed by atoms with Crippen LogP contribution in [0.2, 0.25) is 0 Å². The summed E-state index contributed by atoms with van der Waals surface area (Å²) in [6.07, 6.45) is 1.73. The van der Waals surface area contributed by atoms with Gasteiger partial charge in [0.1, 0.15) is 0 Å². The Labute approximate surface area is 209 Å². The van der Waals surface area contributed by atoms with Crippen LogP contribution in [0.25, 0.3) is 11.3 Å². The summed E-state index contributed by atoms with van der Waals surface area (Å²) in [6.45, 7) is 2.11. The molecule has 0 unspecified atom stereocenters. The van der Waals surface area contributed by atoms with Crippen molar-refractivity contribution in [3.8, 4) is 17.0 Å². The van der Waals surface area contributed by atoms with Crippen LogP contribution in [0, 0.1) is 0 Å². The Morgan fingerprint density at radius 1 is 1.00 bits per heavy atom.